The van der Waals surface area contributed by atoms with Gasteiger partial charge >= 0.3 is 0 Å². The molecule has 0 amide bonds. The summed E-state index contributed by atoms with van der Waals surface area (Å²) in [7, 11) is 2.13. The van der Waals surface area contributed by atoms with Crippen LogP contribution in [0.4, 0.5) is 5.69 Å². The molecule has 1 heterocycles. The second kappa shape index (κ2) is 9.83. The van der Waals surface area contributed by atoms with Gasteiger partial charge in [-0.25, -0.2) is 0 Å². The Morgan fingerprint density at radius 1 is 1.21 bits per heavy atom. The van der Waals surface area contributed by atoms with Gasteiger partial charge in [-0.1, -0.05) is 39.2 Å². The molecule has 0 radical (unpaired) electrons. The summed E-state index contributed by atoms with van der Waals surface area (Å²) >= 11 is 0. The summed E-state index contributed by atoms with van der Waals surface area (Å²) < 4.78 is 5.48. The van der Waals surface area contributed by atoms with E-state index < -0.39 is 0 Å². The summed E-state index contributed by atoms with van der Waals surface area (Å²) in [4.78, 5) is 13.8. The van der Waals surface area contributed by atoms with E-state index in [1.165, 1.54) is 37.7 Å². The van der Waals surface area contributed by atoms with Crippen LogP contribution in [-0.4, -0.2) is 32.6 Å². The minimum atomic E-state index is 0.466. The van der Waals surface area contributed by atoms with Crippen LogP contribution in [0.1, 0.15) is 80.6 Å². The molecule has 134 valence electrons. The number of nitrogens with zero attached hydrogens (tertiary/aromatic N) is 1. The molecule has 1 saturated heterocycles. The van der Waals surface area contributed by atoms with Crippen molar-refractivity contribution in [2.45, 2.75) is 70.8 Å². The molecule has 0 aliphatic carbocycles. The molecule has 2 rings (SSSR count). The maximum absolute atomic E-state index is 11.5. The molecular formula is C21H33NO2. The number of anilines is 1. The lowest BCUT2D eigenvalue weighted by molar-refractivity contribution is 0.0854. The summed E-state index contributed by atoms with van der Waals surface area (Å²) in [5, 5.41) is 0. The van der Waals surface area contributed by atoms with E-state index in [1.807, 2.05) is 6.07 Å². The minimum absolute atomic E-state index is 0.466. The van der Waals surface area contributed by atoms with Gasteiger partial charge < -0.3 is 9.64 Å². The first-order valence-electron chi connectivity index (χ1n) is 9.60. The van der Waals surface area contributed by atoms with E-state index in [-0.39, 0.29) is 0 Å². The fourth-order valence-electron chi connectivity index (χ4n) is 3.77. The molecule has 0 spiro atoms. The Morgan fingerprint density at radius 2 is 1.96 bits per heavy atom. The molecule has 0 aromatic heterocycles. The molecule has 24 heavy (non-hydrogen) atoms. The topological polar surface area (TPSA) is 29.5 Å². The summed E-state index contributed by atoms with van der Waals surface area (Å²) in [6.07, 6.45) is 9.24. The quantitative estimate of drug-likeness (QED) is 0.583. The zero-order chi connectivity index (χ0) is 17.4. The normalized spacial score (nSPS) is 16.8. The molecule has 3 nitrogen and oxygen atoms in total. The van der Waals surface area contributed by atoms with Crippen LogP contribution in [0.15, 0.2) is 18.2 Å². The Balaban J connectivity index is 2.26. The first-order chi connectivity index (χ1) is 11.7. The van der Waals surface area contributed by atoms with Crippen molar-refractivity contribution in [1.29, 1.82) is 0 Å². The van der Waals surface area contributed by atoms with Gasteiger partial charge in [-0.15, -0.1) is 0 Å². The monoisotopic (exact) mass is 331 g/mol. The number of carbonyl (C=O) groups excluding carboxylic acids is 1. The van der Waals surface area contributed by atoms with E-state index in [0.717, 1.165) is 43.6 Å². The minimum Gasteiger partial charge on any atom is -0.381 e. The van der Waals surface area contributed by atoms with Crippen LogP contribution in [0.25, 0.3) is 0 Å². The maximum Gasteiger partial charge on any atom is 0.152 e. The number of unbranched alkanes of at least 4 members (excludes halogenated alkanes) is 1. The number of aldehydes is 1. The van der Waals surface area contributed by atoms with E-state index in [4.69, 9.17) is 4.74 Å². The Hall–Kier alpha value is -1.35. The first-order valence-corrected chi connectivity index (χ1v) is 9.60. The van der Waals surface area contributed by atoms with Crippen molar-refractivity contribution < 1.29 is 9.53 Å². The average molecular weight is 332 g/mol. The predicted molar refractivity (Wildman–Crippen MR) is 101 cm³/mol. The second-order valence-corrected chi connectivity index (χ2v) is 7.02. The second-order valence-electron chi connectivity index (χ2n) is 7.02. The molecule has 0 saturated carbocycles. The van der Waals surface area contributed by atoms with Crippen molar-refractivity contribution in [2.75, 3.05) is 25.2 Å². The molecule has 1 aromatic carbocycles. The molecule has 0 bridgehead atoms. The lowest BCUT2D eigenvalue weighted by Gasteiger charge is -2.34. The maximum atomic E-state index is 11.5. The van der Waals surface area contributed by atoms with Crippen LogP contribution in [0, 0.1) is 0 Å². The van der Waals surface area contributed by atoms with Gasteiger partial charge in [-0.2, -0.15) is 0 Å². The summed E-state index contributed by atoms with van der Waals surface area (Å²) in [6, 6.07) is 6.92. The first kappa shape index (κ1) is 19.0. The molecule has 1 fully saturated rings. The van der Waals surface area contributed by atoms with E-state index in [0.29, 0.717) is 12.0 Å². The zero-order valence-electron chi connectivity index (χ0n) is 15.6. The molecule has 1 aromatic rings. The van der Waals surface area contributed by atoms with Gasteiger partial charge in [0.1, 0.15) is 0 Å². The number of carbonyl (C=O) groups is 1. The summed E-state index contributed by atoms with van der Waals surface area (Å²) in [5.74, 6) is 0.609. The number of rotatable bonds is 9. The lowest BCUT2D eigenvalue weighted by Crippen LogP contribution is -2.37. The van der Waals surface area contributed by atoms with E-state index in [9.17, 15) is 4.79 Å². The largest absolute Gasteiger partial charge is 0.381 e. The molecule has 1 aliphatic rings. The predicted octanol–water partition coefficient (Wildman–Crippen LogP) is 5.19. The number of hydrogen-bond acceptors (Lipinski definition) is 3. The van der Waals surface area contributed by atoms with Crippen LogP contribution < -0.4 is 4.90 Å². The molecule has 0 N–H and O–H groups in total. The van der Waals surface area contributed by atoms with Crippen molar-refractivity contribution in [1.82, 2.24) is 0 Å². The smallest absolute Gasteiger partial charge is 0.152 e. The molecule has 1 unspecified atom stereocenters. The van der Waals surface area contributed by atoms with E-state index >= 15 is 0 Å². The van der Waals surface area contributed by atoms with Crippen molar-refractivity contribution in [3.8, 4) is 0 Å². The highest BCUT2D eigenvalue weighted by atomic mass is 16.5. The van der Waals surface area contributed by atoms with Crippen LogP contribution in [0.5, 0.6) is 0 Å². The van der Waals surface area contributed by atoms with E-state index in [1.54, 1.807) is 0 Å². The van der Waals surface area contributed by atoms with Crippen LogP contribution in [-0.2, 0) is 4.74 Å². The van der Waals surface area contributed by atoms with Gasteiger partial charge in [0.05, 0.1) is 0 Å². The van der Waals surface area contributed by atoms with Gasteiger partial charge in [0.25, 0.3) is 0 Å². The summed E-state index contributed by atoms with van der Waals surface area (Å²) in [5.41, 5.74) is 3.29. The van der Waals surface area contributed by atoms with Crippen molar-refractivity contribution >= 4 is 12.0 Å². The number of benzene rings is 1. The Bertz CT molecular complexity index is 509. The fraction of sp³-hybridized carbons (Fsp3) is 0.667. The number of ether oxygens (including phenoxy) is 1. The van der Waals surface area contributed by atoms with Crippen LogP contribution in [0.3, 0.4) is 0 Å². The number of hydrogen-bond donors (Lipinski definition) is 0. The average Bonchev–Trinajstić information content (AvgIpc) is 2.64. The van der Waals surface area contributed by atoms with Crippen molar-refractivity contribution in [3.05, 3.63) is 29.3 Å². The van der Waals surface area contributed by atoms with Crippen molar-refractivity contribution in [3.63, 3.8) is 0 Å². The standard InChI is InChI=1S/C21H33NO2/c1-4-6-8-17(7-5-2)18-9-10-19(16-23)21(15-18)22(3)20-11-13-24-14-12-20/h9-10,15-17,20H,4-8,11-14H2,1-3H3. The third-order valence-electron chi connectivity index (χ3n) is 5.31. The summed E-state index contributed by atoms with van der Waals surface area (Å²) in [6.45, 7) is 6.15. The third-order valence-corrected chi connectivity index (χ3v) is 5.31. The Morgan fingerprint density at radius 3 is 2.58 bits per heavy atom. The molecular weight excluding hydrogens is 298 g/mol. The van der Waals surface area contributed by atoms with Gasteiger partial charge in [0.15, 0.2) is 6.29 Å². The highest BCUT2D eigenvalue weighted by Gasteiger charge is 2.22. The molecule has 1 aliphatic heterocycles. The van der Waals surface area contributed by atoms with Crippen molar-refractivity contribution in [2.24, 2.45) is 0 Å². The van der Waals surface area contributed by atoms with Crippen LogP contribution >= 0.6 is 0 Å². The Labute approximate surface area is 147 Å². The highest BCUT2D eigenvalue weighted by molar-refractivity contribution is 5.85. The van der Waals surface area contributed by atoms with Gasteiger partial charge in [-0.05, 0) is 49.3 Å². The van der Waals surface area contributed by atoms with Gasteiger partial charge in [0.2, 0.25) is 0 Å². The molecule has 3 heteroatoms. The Kier molecular flexibility index (Phi) is 7.77. The zero-order valence-corrected chi connectivity index (χ0v) is 15.6. The fourth-order valence-corrected chi connectivity index (χ4v) is 3.77. The van der Waals surface area contributed by atoms with Gasteiger partial charge in [-0.3, -0.25) is 4.79 Å². The van der Waals surface area contributed by atoms with Crippen LogP contribution in [0.2, 0.25) is 0 Å². The lowest BCUT2D eigenvalue weighted by atomic mass is 9.88. The van der Waals surface area contributed by atoms with E-state index in [2.05, 4.69) is 37.9 Å². The molecule has 1 atom stereocenters. The third kappa shape index (κ3) is 4.83. The SMILES string of the molecule is CCCCC(CCC)c1ccc(C=O)c(N(C)C2CCOCC2)c1. The highest BCUT2D eigenvalue weighted by Crippen LogP contribution is 2.32. The van der Waals surface area contributed by atoms with Gasteiger partial charge in [0, 0.05) is 37.6 Å².